The lowest BCUT2D eigenvalue weighted by Gasteiger charge is -2.23. The smallest absolute Gasteiger partial charge is 0.243 e. The Kier molecular flexibility index (Phi) is 6.63. The Morgan fingerprint density at radius 2 is 1.64 bits per heavy atom. The molecule has 0 unspecified atom stereocenters. The van der Waals surface area contributed by atoms with Gasteiger partial charge in [-0.2, -0.15) is 4.31 Å². The predicted octanol–water partition coefficient (Wildman–Crippen LogP) is 2.76. The quantitative estimate of drug-likeness (QED) is 0.805. The van der Waals surface area contributed by atoms with Crippen molar-refractivity contribution in [3.05, 3.63) is 29.8 Å². The minimum atomic E-state index is -3.50. The number of carbonyl (C=O) groups is 1. The lowest BCUT2D eigenvalue weighted by Crippen LogP contribution is -2.38. The van der Waals surface area contributed by atoms with Gasteiger partial charge in [0.2, 0.25) is 15.9 Å². The van der Waals surface area contributed by atoms with Crippen LogP contribution >= 0.6 is 0 Å². The summed E-state index contributed by atoms with van der Waals surface area (Å²) >= 11 is 0. The van der Waals surface area contributed by atoms with Gasteiger partial charge in [-0.05, 0) is 36.5 Å². The van der Waals surface area contributed by atoms with Gasteiger partial charge in [0.15, 0.2) is 0 Å². The lowest BCUT2D eigenvalue weighted by molar-refractivity contribution is -0.134. The molecule has 0 N–H and O–H groups in total. The van der Waals surface area contributed by atoms with Gasteiger partial charge in [-0.3, -0.25) is 4.79 Å². The molecule has 1 aliphatic rings. The number of sulfonamides is 1. The van der Waals surface area contributed by atoms with Crippen LogP contribution in [0.5, 0.6) is 0 Å². The average Bonchev–Trinajstić information content (AvgIpc) is 2.80. The molecule has 1 fully saturated rings. The van der Waals surface area contributed by atoms with Gasteiger partial charge in [0, 0.05) is 32.1 Å². The number of hydrogen-bond acceptors (Lipinski definition) is 3. The fraction of sp³-hybridized carbons (Fsp3) is 0.632. The van der Waals surface area contributed by atoms with E-state index in [1.165, 1.54) is 4.31 Å². The van der Waals surface area contributed by atoms with Crippen molar-refractivity contribution >= 4 is 15.9 Å². The maximum absolute atomic E-state index is 12.9. The van der Waals surface area contributed by atoms with Gasteiger partial charge in [-0.25, -0.2) is 8.42 Å². The van der Waals surface area contributed by atoms with Crippen LogP contribution < -0.4 is 0 Å². The summed E-state index contributed by atoms with van der Waals surface area (Å²) in [6, 6.07) is 7.21. The third kappa shape index (κ3) is 5.05. The molecule has 2 rings (SSSR count). The van der Waals surface area contributed by atoms with Crippen LogP contribution in [-0.2, 0) is 21.2 Å². The van der Waals surface area contributed by atoms with Crippen molar-refractivity contribution in [2.45, 2.75) is 45.4 Å². The van der Waals surface area contributed by atoms with Crippen LogP contribution in [0.25, 0.3) is 0 Å². The van der Waals surface area contributed by atoms with Crippen LogP contribution in [-0.4, -0.2) is 49.7 Å². The van der Waals surface area contributed by atoms with E-state index in [0.717, 1.165) is 12.0 Å². The van der Waals surface area contributed by atoms with Crippen molar-refractivity contribution in [3.63, 3.8) is 0 Å². The summed E-state index contributed by atoms with van der Waals surface area (Å²) in [4.78, 5) is 14.3. The van der Waals surface area contributed by atoms with E-state index in [1.54, 1.807) is 17.0 Å². The van der Waals surface area contributed by atoms with Crippen LogP contribution in [0.4, 0.5) is 0 Å². The third-order valence-corrected chi connectivity index (χ3v) is 6.38. The molecular weight excluding hydrogens is 336 g/mol. The Bertz CT molecular complexity index is 681. The molecule has 1 amide bonds. The summed E-state index contributed by atoms with van der Waals surface area (Å²) in [6.07, 6.45) is 1.61. The molecule has 1 heterocycles. The van der Waals surface area contributed by atoms with Gasteiger partial charge >= 0.3 is 0 Å². The number of nitrogens with zero attached hydrogens (tertiary/aromatic N) is 2. The second kappa shape index (κ2) is 8.32. The Morgan fingerprint density at radius 1 is 1.00 bits per heavy atom. The topological polar surface area (TPSA) is 57.7 Å². The van der Waals surface area contributed by atoms with Crippen molar-refractivity contribution in [1.82, 2.24) is 9.21 Å². The van der Waals surface area contributed by atoms with E-state index in [-0.39, 0.29) is 11.8 Å². The van der Waals surface area contributed by atoms with E-state index >= 15 is 0 Å². The average molecular weight is 367 g/mol. The van der Waals surface area contributed by atoms with E-state index in [0.29, 0.717) is 43.4 Å². The van der Waals surface area contributed by atoms with E-state index < -0.39 is 10.0 Å². The summed E-state index contributed by atoms with van der Waals surface area (Å²) < 4.78 is 27.3. The lowest BCUT2D eigenvalue weighted by atomic mass is 10.0. The molecule has 140 valence electrons. The molecule has 0 spiro atoms. The molecule has 25 heavy (non-hydrogen) atoms. The second-order valence-corrected chi connectivity index (χ2v) is 9.42. The summed E-state index contributed by atoms with van der Waals surface area (Å²) in [5, 5.41) is 0. The first-order valence-corrected chi connectivity index (χ1v) is 10.5. The third-order valence-electron chi connectivity index (χ3n) is 4.47. The summed E-state index contributed by atoms with van der Waals surface area (Å²) in [6.45, 7) is 9.93. The molecule has 0 aromatic heterocycles. The number of benzene rings is 1. The van der Waals surface area contributed by atoms with Crippen LogP contribution in [0.15, 0.2) is 29.2 Å². The fourth-order valence-corrected chi connectivity index (χ4v) is 4.61. The monoisotopic (exact) mass is 366 g/mol. The van der Waals surface area contributed by atoms with Crippen LogP contribution in [0.1, 0.15) is 39.7 Å². The van der Waals surface area contributed by atoms with Gasteiger partial charge < -0.3 is 4.90 Å². The first-order valence-electron chi connectivity index (χ1n) is 9.09. The predicted molar refractivity (Wildman–Crippen MR) is 99.8 cm³/mol. The normalized spacial score (nSPS) is 17.1. The highest BCUT2D eigenvalue weighted by atomic mass is 32.2. The molecule has 1 aromatic rings. The zero-order chi connectivity index (χ0) is 18.6. The molecule has 0 radical (unpaired) electrons. The maximum Gasteiger partial charge on any atom is 0.243 e. The molecule has 0 atom stereocenters. The van der Waals surface area contributed by atoms with Gasteiger partial charge in [-0.1, -0.05) is 39.8 Å². The number of rotatable bonds is 5. The summed E-state index contributed by atoms with van der Waals surface area (Å²) in [7, 11) is -3.50. The molecule has 0 aliphatic carbocycles. The number of amides is 1. The van der Waals surface area contributed by atoms with Gasteiger partial charge in [-0.15, -0.1) is 0 Å². The van der Waals surface area contributed by atoms with E-state index in [2.05, 4.69) is 13.8 Å². The van der Waals surface area contributed by atoms with Crippen molar-refractivity contribution in [2.24, 2.45) is 11.8 Å². The van der Waals surface area contributed by atoms with Crippen LogP contribution in [0, 0.1) is 11.8 Å². The molecule has 1 saturated heterocycles. The van der Waals surface area contributed by atoms with Crippen molar-refractivity contribution in [3.8, 4) is 0 Å². The van der Waals surface area contributed by atoms with E-state index in [4.69, 9.17) is 0 Å². The maximum atomic E-state index is 12.9. The second-order valence-electron chi connectivity index (χ2n) is 7.48. The van der Waals surface area contributed by atoms with Crippen molar-refractivity contribution in [2.75, 3.05) is 26.2 Å². The Morgan fingerprint density at radius 3 is 2.20 bits per heavy atom. The number of hydrogen-bond donors (Lipinski definition) is 0. The molecule has 0 bridgehead atoms. The number of carbonyl (C=O) groups excluding carboxylic acids is 1. The van der Waals surface area contributed by atoms with E-state index in [1.807, 2.05) is 26.0 Å². The zero-order valence-corrected chi connectivity index (χ0v) is 16.6. The fourth-order valence-electron chi connectivity index (χ4n) is 3.14. The Balaban J connectivity index is 2.10. The zero-order valence-electron chi connectivity index (χ0n) is 15.7. The highest BCUT2D eigenvalue weighted by molar-refractivity contribution is 7.89. The highest BCUT2D eigenvalue weighted by Gasteiger charge is 2.28. The molecule has 5 nitrogen and oxygen atoms in total. The van der Waals surface area contributed by atoms with E-state index in [9.17, 15) is 13.2 Å². The van der Waals surface area contributed by atoms with Gasteiger partial charge in [0.05, 0.1) is 4.90 Å². The Labute approximate surface area is 152 Å². The minimum absolute atomic E-state index is 0.0586. The molecule has 6 heteroatoms. The molecule has 0 saturated carbocycles. The minimum Gasteiger partial charge on any atom is -0.341 e. The summed E-state index contributed by atoms with van der Waals surface area (Å²) in [5.74, 6) is 0.575. The Hall–Kier alpha value is -1.40. The van der Waals surface area contributed by atoms with Gasteiger partial charge in [0.25, 0.3) is 0 Å². The first-order chi connectivity index (χ1) is 11.7. The molecule has 1 aliphatic heterocycles. The first kappa shape index (κ1) is 19.9. The van der Waals surface area contributed by atoms with Crippen LogP contribution in [0.2, 0.25) is 0 Å². The summed E-state index contributed by atoms with van der Waals surface area (Å²) in [5.41, 5.74) is 1.15. The highest BCUT2D eigenvalue weighted by Crippen LogP contribution is 2.20. The molecular formula is C19H30N2O3S. The van der Waals surface area contributed by atoms with Gasteiger partial charge in [0.1, 0.15) is 0 Å². The standard InChI is InChI=1S/C19H30N2O3S/c1-15(2)14-17-6-8-18(9-7-17)25(23,24)21-11-5-10-20(12-13-21)19(22)16(3)4/h6-9,15-16H,5,10-14H2,1-4H3. The van der Waals surface area contributed by atoms with Crippen LogP contribution in [0.3, 0.4) is 0 Å². The largest absolute Gasteiger partial charge is 0.341 e. The molecule has 1 aromatic carbocycles. The van der Waals surface area contributed by atoms with Crippen molar-refractivity contribution in [1.29, 1.82) is 0 Å². The SMILES string of the molecule is CC(C)Cc1ccc(S(=O)(=O)N2CCCN(C(=O)C(C)C)CC2)cc1. The van der Waals surface area contributed by atoms with Crippen molar-refractivity contribution < 1.29 is 13.2 Å².